The molecular formula is C12H25N3. The molecule has 0 aromatic heterocycles. The molecule has 2 aliphatic rings. The summed E-state index contributed by atoms with van der Waals surface area (Å²) < 4.78 is 0. The normalized spacial score (nSPS) is 32.0. The Hall–Kier alpha value is -0.120. The molecule has 0 aromatic carbocycles. The first-order chi connectivity index (χ1) is 7.25. The van der Waals surface area contributed by atoms with Crippen LogP contribution in [0.4, 0.5) is 0 Å². The largest absolute Gasteiger partial charge is 0.303 e. The highest BCUT2D eigenvalue weighted by atomic mass is 15.3. The molecule has 2 aliphatic heterocycles. The number of likely N-dealkylation sites (N-methyl/N-ethyl adjacent to an activating group) is 2. The molecule has 0 amide bonds. The third-order valence-electron chi connectivity index (χ3n) is 3.90. The summed E-state index contributed by atoms with van der Waals surface area (Å²) in [5.41, 5.74) is 0. The lowest BCUT2D eigenvalue weighted by molar-refractivity contribution is 0.0762. The molecule has 2 saturated heterocycles. The number of rotatable bonds is 2. The molecule has 0 bridgehead atoms. The first-order valence-corrected chi connectivity index (χ1v) is 6.37. The Morgan fingerprint density at radius 2 is 1.67 bits per heavy atom. The molecule has 2 heterocycles. The second kappa shape index (κ2) is 5.28. The maximum Gasteiger partial charge on any atom is 0.0347 e. The molecule has 0 aliphatic carbocycles. The number of piperidine rings is 1. The molecule has 88 valence electrons. The van der Waals surface area contributed by atoms with Crippen molar-refractivity contribution in [2.75, 3.05) is 53.4 Å². The highest BCUT2D eigenvalue weighted by Crippen LogP contribution is 2.12. The van der Waals surface area contributed by atoms with Crippen LogP contribution in [0.5, 0.6) is 0 Å². The van der Waals surface area contributed by atoms with Crippen molar-refractivity contribution in [3.8, 4) is 0 Å². The molecular weight excluding hydrogens is 186 g/mol. The van der Waals surface area contributed by atoms with E-state index in [4.69, 9.17) is 0 Å². The Balaban J connectivity index is 1.80. The van der Waals surface area contributed by atoms with Crippen molar-refractivity contribution < 1.29 is 0 Å². The Kier molecular flexibility index (Phi) is 4.00. The third-order valence-corrected chi connectivity index (χ3v) is 3.90. The molecule has 0 radical (unpaired) electrons. The Morgan fingerprint density at radius 1 is 0.933 bits per heavy atom. The molecule has 15 heavy (non-hydrogen) atoms. The van der Waals surface area contributed by atoms with Crippen LogP contribution in [0, 0.1) is 0 Å². The van der Waals surface area contributed by atoms with Gasteiger partial charge in [0.25, 0.3) is 0 Å². The lowest BCUT2D eigenvalue weighted by atomic mass is 10.1. The van der Waals surface area contributed by atoms with E-state index >= 15 is 0 Å². The second-order valence-corrected chi connectivity index (χ2v) is 5.26. The first-order valence-electron chi connectivity index (χ1n) is 6.37. The van der Waals surface area contributed by atoms with E-state index in [0.29, 0.717) is 0 Å². The summed E-state index contributed by atoms with van der Waals surface area (Å²) in [6.45, 7) is 7.64. The van der Waals surface area contributed by atoms with Gasteiger partial charge in [-0.15, -0.1) is 0 Å². The molecule has 0 spiro atoms. The van der Waals surface area contributed by atoms with Gasteiger partial charge in [-0.05, 0) is 40.0 Å². The van der Waals surface area contributed by atoms with Crippen molar-refractivity contribution in [3.05, 3.63) is 0 Å². The average molecular weight is 211 g/mol. The zero-order chi connectivity index (χ0) is 10.7. The van der Waals surface area contributed by atoms with Gasteiger partial charge in [-0.2, -0.15) is 0 Å². The zero-order valence-corrected chi connectivity index (χ0v) is 10.3. The Labute approximate surface area is 94.0 Å². The minimum atomic E-state index is 0.752. The van der Waals surface area contributed by atoms with Crippen molar-refractivity contribution >= 4 is 0 Å². The van der Waals surface area contributed by atoms with E-state index < -0.39 is 0 Å². The molecule has 3 heteroatoms. The predicted molar refractivity (Wildman–Crippen MR) is 64.2 cm³/mol. The molecule has 3 nitrogen and oxygen atoms in total. The fourth-order valence-corrected chi connectivity index (χ4v) is 2.74. The Morgan fingerprint density at radius 3 is 2.40 bits per heavy atom. The number of piperazine rings is 1. The summed E-state index contributed by atoms with van der Waals surface area (Å²) in [6, 6.07) is 0.752. The average Bonchev–Trinajstić information content (AvgIpc) is 2.25. The van der Waals surface area contributed by atoms with Crippen LogP contribution in [0.1, 0.15) is 19.3 Å². The number of hydrogen-bond donors (Lipinski definition) is 0. The maximum absolute atomic E-state index is 2.66. The van der Waals surface area contributed by atoms with Crippen molar-refractivity contribution in [2.45, 2.75) is 25.3 Å². The molecule has 2 fully saturated rings. The summed E-state index contributed by atoms with van der Waals surface area (Å²) in [5.74, 6) is 0. The smallest absolute Gasteiger partial charge is 0.0347 e. The fourth-order valence-electron chi connectivity index (χ4n) is 2.74. The lowest BCUT2D eigenvalue weighted by Crippen LogP contribution is -2.54. The van der Waals surface area contributed by atoms with E-state index in [-0.39, 0.29) is 0 Å². The number of hydrogen-bond acceptors (Lipinski definition) is 3. The highest BCUT2D eigenvalue weighted by Gasteiger charge is 2.24. The van der Waals surface area contributed by atoms with Gasteiger partial charge in [0.1, 0.15) is 0 Å². The molecule has 0 aromatic rings. The van der Waals surface area contributed by atoms with Crippen molar-refractivity contribution in [3.63, 3.8) is 0 Å². The van der Waals surface area contributed by atoms with Gasteiger partial charge < -0.3 is 9.80 Å². The van der Waals surface area contributed by atoms with E-state index in [2.05, 4.69) is 28.8 Å². The van der Waals surface area contributed by atoms with Gasteiger partial charge in [-0.3, -0.25) is 4.90 Å². The van der Waals surface area contributed by atoms with Gasteiger partial charge >= 0.3 is 0 Å². The predicted octanol–water partition coefficient (Wildman–Crippen LogP) is 0.718. The van der Waals surface area contributed by atoms with Crippen molar-refractivity contribution in [2.24, 2.45) is 0 Å². The van der Waals surface area contributed by atoms with Gasteiger partial charge in [-0.25, -0.2) is 0 Å². The van der Waals surface area contributed by atoms with Crippen LogP contribution in [-0.2, 0) is 0 Å². The monoisotopic (exact) mass is 211 g/mol. The van der Waals surface area contributed by atoms with Crippen molar-refractivity contribution in [1.82, 2.24) is 14.7 Å². The molecule has 0 saturated carbocycles. The van der Waals surface area contributed by atoms with E-state index in [0.717, 1.165) is 6.04 Å². The summed E-state index contributed by atoms with van der Waals surface area (Å²) in [7, 11) is 4.53. The maximum atomic E-state index is 2.66. The van der Waals surface area contributed by atoms with Crippen LogP contribution in [0.2, 0.25) is 0 Å². The first kappa shape index (κ1) is 11.4. The van der Waals surface area contributed by atoms with Crippen LogP contribution in [0.15, 0.2) is 0 Å². The van der Waals surface area contributed by atoms with Crippen LogP contribution in [0.25, 0.3) is 0 Å². The van der Waals surface area contributed by atoms with E-state index in [1.165, 1.54) is 58.5 Å². The van der Waals surface area contributed by atoms with Crippen molar-refractivity contribution in [1.29, 1.82) is 0 Å². The Bertz CT molecular complexity index is 189. The van der Waals surface area contributed by atoms with Gasteiger partial charge in [0, 0.05) is 32.2 Å². The number of nitrogens with zero attached hydrogens (tertiary/aromatic N) is 3. The van der Waals surface area contributed by atoms with E-state index in [9.17, 15) is 0 Å². The zero-order valence-electron chi connectivity index (χ0n) is 10.3. The third kappa shape index (κ3) is 3.16. The van der Waals surface area contributed by atoms with Crippen LogP contribution in [-0.4, -0.2) is 74.1 Å². The molecule has 0 N–H and O–H groups in total. The van der Waals surface area contributed by atoms with Crippen LogP contribution >= 0.6 is 0 Å². The lowest BCUT2D eigenvalue weighted by Gasteiger charge is -2.41. The second-order valence-electron chi connectivity index (χ2n) is 5.26. The van der Waals surface area contributed by atoms with Crippen LogP contribution < -0.4 is 0 Å². The summed E-state index contributed by atoms with van der Waals surface area (Å²) in [6.07, 6.45) is 4.26. The van der Waals surface area contributed by atoms with Gasteiger partial charge in [0.2, 0.25) is 0 Å². The summed E-state index contributed by atoms with van der Waals surface area (Å²) in [5, 5.41) is 0. The SMILES string of the molecule is CN1CCN(C)C(CN2CCCCC2)C1. The van der Waals surface area contributed by atoms with E-state index in [1.807, 2.05) is 0 Å². The minimum Gasteiger partial charge on any atom is -0.303 e. The molecule has 1 atom stereocenters. The van der Waals surface area contributed by atoms with Gasteiger partial charge in [0.05, 0.1) is 0 Å². The highest BCUT2D eigenvalue weighted by molar-refractivity contribution is 4.82. The standard InChI is InChI=1S/C12H25N3/c1-13-8-9-14(2)12(10-13)11-15-6-4-3-5-7-15/h12H,3-11H2,1-2H3. The van der Waals surface area contributed by atoms with Gasteiger partial charge in [0.15, 0.2) is 0 Å². The molecule has 2 rings (SSSR count). The summed E-state index contributed by atoms with van der Waals surface area (Å²) in [4.78, 5) is 7.66. The quantitative estimate of drug-likeness (QED) is 0.666. The summed E-state index contributed by atoms with van der Waals surface area (Å²) >= 11 is 0. The minimum absolute atomic E-state index is 0.752. The van der Waals surface area contributed by atoms with E-state index in [1.54, 1.807) is 0 Å². The topological polar surface area (TPSA) is 9.72 Å². The van der Waals surface area contributed by atoms with Gasteiger partial charge in [-0.1, -0.05) is 6.42 Å². The fraction of sp³-hybridized carbons (Fsp3) is 1.00. The molecule has 1 unspecified atom stereocenters. The van der Waals surface area contributed by atoms with Crippen LogP contribution in [0.3, 0.4) is 0 Å². The number of likely N-dealkylation sites (tertiary alicyclic amines) is 1.